The third-order valence-electron chi connectivity index (χ3n) is 0.818. The first-order valence-electron chi connectivity index (χ1n) is 2.42. The van der Waals surface area contributed by atoms with Crippen molar-refractivity contribution in [3.05, 3.63) is 9.81 Å². The molecule has 0 aliphatic rings. The van der Waals surface area contributed by atoms with Crippen LogP contribution < -0.4 is 0 Å². The first kappa shape index (κ1) is 9.42. The maximum atomic E-state index is 8.47. The largest absolute Gasteiger partial charge is 0.192 e. The molecule has 0 bridgehead atoms. The van der Waals surface area contributed by atoms with Crippen LogP contribution in [0.5, 0.6) is 0 Å². The number of hydrogen-bond donors (Lipinski definition) is 0. The predicted molar refractivity (Wildman–Crippen MR) is 45.3 cm³/mol. The molecule has 0 N–H and O–H groups in total. The van der Waals surface area contributed by atoms with Gasteiger partial charge in [-0.1, -0.05) is 0 Å². The van der Waals surface area contributed by atoms with Crippen LogP contribution in [0.1, 0.15) is 0 Å². The van der Waals surface area contributed by atoms with Crippen LogP contribution in [0, 0.1) is 22.7 Å². The van der Waals surface area contributed by atoms with E-state index >= 15 is 0 Å². The highest BCUT2D eigenvalue weighted by Gasteiger charge is 2.01. The number of nitriles is 2. The average molecular weight is 170 g/mol. The van der Waals surface area contributed by atoms with Crippen molar-refractivity contribution in [1.82, 2.24) is 0 Å². The molecule has 4 heteroatoms. The van der Waals surface area contributed by atoms with Crippen LogP contribution in [0.2, 0.25) is 0 Å². The quantitative estimate of drug-likeness (QED) is 0.594. The fourth-order valence-corrected chi connectivity index (χ4v) is 1.52. The number of rotatable bonds is 2. The van der Waals surface area contributed by atoms with Gasteiger partial charge in [-0.05, 0) is 12.5 Å². The molecule has 0 fully saturated rings. The molecule has 0 saturated carbocycles. The van der Waals surface area contributed by atoms with Crippen molar-refractivity contribution < 1.29 is 0 Å². The Labute approximate surface area is 68.9 Å². The maximum Gasteiger partial charge on any atom is 0.109 e. The first-order chi connectivity index (χ1) is 4.79. The Morgan fingerprint density at radius 2 is 1.30 bits per heavy atom. The van der Waals surface area contributed by atoms with Gasteiger partial charge in [0.2, 0.25) is 0 Å². The van der Waals surface area contributed by atoms with Gasteiger partial charge in [0.15, 0.2) is 0 Å². The van der Waals surface area contributed by atoms with Crippen molar-refractivity contribution in [1.29, 1.82) is 10.5 Å². The van der Waals surface area contributed by atoms with Crippen LogP contribution in [0.3, 0.4) is 0 Å². The van der Waals surface area contributed by atoms with Crippen molar-refractivity contribution in [3.63, 3.8) is 0 Å². The summed E-state index contributed by atoms with van der Waals surface area (Å²) in [6.07, 6.45) is 3.57. The van der Waals surface area contributed by atoms with Crippen LogP contribution in [0.15, 0.2) is 9.81 Å². The zero-order valence-corrected chi connectivity index (χ0v) is 7.34. The van der Waals surface area contributed by atoms with E-state index in [1.807, 2.05) is 12.1 Å². The van der Waals surface area contributed by atoms with E-state index in [-0.39, 0.29) is 0 Å². The van der Waals surface area contributed by atoms with Gasteiger partial charge >= 0.3 is 0 Å². The number of hydrogen-bond acceptors (Lipinski definition) is 4. The van der Waals surface area contributed by atoms with Crippen LogP contribution in [0.25, 0.3) is 0 Å². The monoisotopic (exact) mass is 170 g/mol. The van der Waals surface area contributed by atoms with Crippen LogP contribution in [-0.2, 0) is 0 Å². The Morgan fingerprint density at radius 1 is 1.00 bits per heavy atom. The Kier molecular flexibility index (Phi) is 4.92. The molecule has 0 atom stereocenters. The standard InChI is InChI=1S/C6H6N2S2/c1-9-5(3-7)6(4-8)10-2/h1-2H3. The lowest BCUT2D eigenvalue weighted by Crippen LogP contribution is -1.76. The molecule has 0 aromatic carbocycles. The predicted octanol–water partition coefficient (Wildman–Crippen LogP) is 1.97. The smallest absolute Gasteiger partial charge is 0.109 e. The zero-order chi connectivity index (χ0) is 7.98. The van der Waals surface area contributed by atoms with E-state index in [2.05, 4.69) is 0 Å². The Balaban J connectivity index is 4.62. The van der Waals surface area contributed by atoms with E-state index in [1.54, 1.807) is 12.5 Å². The number of allylic oxidation sites excluding steroid dienone is 2. The zero-order valence-electron chi connectivity index (χ0n) is 5.71. The van der Waals surface area contributed by atoms with Gasteiger partial charge in [-0.25, -0.2) is 0 Å². The molecule has 0 radical (unpaired) electrons. The third kappa shape index (κ3) is 2.34. The van der Waals surface area contributed by atoms with E-state index < -0.39 is 0 Å². The molecule has 52 valence electrons. The van der Waals surface area contributed by atoms with Gasteiger partial charge in [0.05, 0.1) is 0 Å². The molecule has 10 heavy (non-hydrogen) atoms. The molecule has 0 spiro atoms. The Morgan fingerprint density at radius 3 is 1.40 bits per heavy atom. The van der Waals surface area contributed by atoms with Crippen molar-refractivity contribution in [3.8, 4) is 12.1 Å². The summed E-state index contributed by atoms with van der Waals surface area (Å²) in [5.41, 5.74) is 0. The second kappa shape index (κ2) is 5.22. The molecule has 0 saturated heterocycles. The molecule has 0 aliphatic carbocycles. The van der Waals surface area contributed by atoms with Gasteiger partial charge in [0.25, 0.3) is 0 Å². The summed E-state index contributed by atoms with van der Waals surface area (Å²) in [6.45, 7) is 0. The van der Waals surface area contributed by atoms with Crippen LogP contribution >= 0.6 is 23.5 Å². The SMILES string of the molecule is CSC(C#N)=C(C#N)SC. The van der Waals surface area contributed by atoms with Gasteiger partial charge < -0.3 is 0 Å². The summed E-state index contributed by atoms with van der Waals surface area (Å²) in [7, 11) is 0. The Bertz CT molecular complexity index is 195. The molecular formula is C6H6N2S2. The topological polar surface area (TPSA) is 47.6 Å². The van der Waals surface area contributed by atoms with E-state index in [0.717, 1.165) is 0 Å². The van der Waals surface area contributed by atoms with Gasteiger partial charge in [-0.3, -0.25) is 0 Å². The summed E-state index contributed by atoms with van der Waals surface area (Å²) in [6, 6.07) is 3.91. The second-order valence-electron chi connectivity index (χ2n) is 1.29. The summed E-state index contributed by atoms with van der Waals surface area (Å²) >= 11 is 2.60. The average Bonchev–Trinajstić information content (AvgIpc) is 2.00. The maximum absolute atomic E-state index is 8.47. The first-order valence-corrected chi connectivity index (χ1v) is 4.87. The minimum Gasteiger partial charge on any atom is -0.192 e. The van der Waals surface area contributed by atoms with Gasteiger partial charge in [0.1, 0.15) is 21.9 Å². The summed E-state index contributed by atoms with van der Waals surface area (Å²) in [4.78, 5) is 0.991. The normalized spacial score (nSPS) is 11.2. The van der Waals surface area contributed by atoms with Gasteiger partial charge in [0, 0.05) is 0 Å². The molecular weight excluding hydrogens is 164 g/mol. The third-order valence-corrected chi connectivity index (χ3v) is 2.35. The lowest BCUT2D eigenvalue weighted by Gasteiger charge is -1.92. The Hall–Kier alpha value is -0.580. The minimum atomic E-state index is 0.495. The van der Waals surface area contributed by atoms with Gasteiger partial charge in [-0.15, -0.1) is 23.5 Å². The van der Waals surface area contributed by atoms with E-state index in [0.29, 0.717) is 9.81 Å². The molecule has 0 aliphatic heterocycles. The lowest BCUT2D eigenvalue weighted by atomic mass is 10.5. The van der Waals surface area contributed by atoms with Crippen molar-refractivity contribution in [2.75, 3.05) is 12.5 Å². The molecule has 0 aromatic heterocycles. The molecule has 0 heterocycles. The van der Waals surface area contributed by atoms with E-state index in [4.69, 9.17) is 10.5 Å². The number of thioether (sulfide) groups is 2. The molecule has 0 rings (SSSR count). The van der Waals surface area contributed by atoms with E-state index in [9.17, 15) is 0 Å². The summed E-state index contributed by atoms with van der Waals surface area (Å²) in [5.74, 6) is 0. The van der Waals surface area contributed by atoms with Crippen molar-refractivity contribution in [2.24, 2.45) is 0 Å². The fourth-order valence-electron chi connectivity index (χ4n) is 0.378. The molecule has 0 amide bonds. The highest BCUT2D eigenvalue weighted by molar-refractivity contribution is 8.06. The van der Waals surface area contributed by atoms with Crippen LogP contribution in [0.4, 0.5) is 0 Å². The van der Waals surface area contributed by atoms with Crippen molar-refractivity contribution in [2.45, 2.75) is 0 Å². The lowest BCUT2D eigenvalue weighted by molar-refractivity contribution is 1.50. The highest BCUT2D eigenvalue weighted by atomic mass is 32.2. The molecule has 0 unspecified atom stereocenters. The number of nitrogens with zero attached hydrogens (tertiary/aromatic N) is 2. The fraction of sp³-hybridized carbons (Fsp3) is 0.333. The van der Waals surface area contributed by atoms with Gasteiger partial charge in [-0.2, -0.15) is 10.5 Å². The second-order valence-corrected chi connectivity index (χ2v) is 2.92. The highest BCUT2D eigenvalue weighted by Crippen LogP contribution is 2.22. The van der Waals surface area contributed by atoms with Crippen molar-refractivity contribution >= 4 is 23.5 Å². The molecule has 2 nitrogen and oxygen atoms in total. The molecule has 0 aromatic rings. The van der Waals surface area contributed by atoms with E-state index in [1.165, 1.54) is 23.5 Å². The summed E-state index contributed by atoms with van der Waals surface area (Å²) in [5, 5.41) is 16.9. The minimum absolute atomic E-state index is 0.495. The van der Waals surface area contributed by atoms with Crippen LogP contribution in [-0.4, -0.2) is 12.5 Å². The summed E-state index contributed by atoms with van der Waals surface area (Å²) < 4.78 is 0.